The minimum absolute atomic E-state index is 0.0110. The number of rotatable bonds is 9. The van der Waals surface area contributed by atoms with Gasteiger partial charge in [0, 0.05) is 24.3 Å². The molecular formula is C18H21BrO5. The molecule has 0 saturated heterocycles. The Hall–Kier alpha value is -1.60. The Balaban J connectivity index is 2.10. The van der Waals surface area contributed by atoms with Gasteiger partial charge in [0.2, 0.25) is 0 Å². The van der Waals surface area contributed by atoms with Gasteiger partial charge < -0.3 is 24.4 Å². The summed E-state index contributed by atoms with van der Waals surface area (Å²) in [7, 11) is 1.62. The number of hydrogen-bond acceptors (Lipinski definition) is 5. The van der Waals surface area contributed by atoms with E-state index < -0.39 is 0 Å². The van der Waals surface area contributed by atoms with Crippen molar-refractivity contribution >= 4 is 15.9 Å². The molecule has 0 amide bonds. The lowest BCUT2D eigenvalue weighted by Crippen LogP contribution is -2.08. The van der Waals surface area contributed by atoms with Crippen LogP contribution in [0.1, 0.15) is 5.56 Å². The van der Waals surface area contributed by atoms with Gasteiger partial charge in [-0.05, 0) is 21.5 Å². The van der Waals surface area contributed by atoms with Crippen molar-refractivity contribution in [2.24, 2.45) is 0 Å². The summed E-state index contributed by atoms with van der Waals surface area (Å²) in [6.45, 7) is 2.16. The average molecular weight is 397 g/mol. The van der Waals surface area contributed by atoms with Gasteiger partial charge in [-0.15, -0.1) is 0 Å². The Kier molecular flexibility index (Phi) is 7.52. The van der Waals surface area contributed by atoms with Crippen LogP contribution in [0.25, 0.3) is 11.1 Å². The fourth-order valence-electron chi connectivity index (χ4n) is 2.28. The molecule has 0 aromatic heterocycles. The fraction of sp³-hybridized carbons (Fsp3) is 0.333. The molecular weight excluding hydrogens is 376 g/mol. The Labute approximate surface area is 149 Å². The van der Waals surface area contributed by atoms with Gasteiger partial charge in [0.15, 0.2) is 0 Å². The topological polar surface area (TPSA) is 68.2 Å². The molecule has 0 aliphatic rings. The smallest absolute Gasteiger partial charge is 0.133 e. The number of phenols is 2. The lowest BCUT2D eigenvalue weighted by Gasteiger charge is -2.15. The summed E-state index contributed by atoms with van der Waals surface area (Å²) >= 11 is 3.38. The van der Waals surface area contributed by atoms with Gasteiger partial charge in [0.05, 0.1) is 37.5 Å². The Bertz CT molecular complexity index is 646. The summed E-state index contributed by atoms with van der Waals surface area (Å²) in [5.74, 6) is -0.0148. The molecule has 0 aliphatic carbocycles. The molecule has 0 heterocycles. The maximum atomic E-state index is 10.3. The van der Waals surface area contributed by atoms with Crippen molar-refractivity contribution in [3.8, 4) is 22.6 Å². The Morgan fingerprint density at radius 3 is 2.29 bits per heavy atom. The van der Waals surface area contributed by atoms with E-state index in [0.29, 0.717) is 42.0 Å². The molecule has 0 aliphatic heterocycles. The second-order valence-corrected chi connectivity index (χ2v) is 5.90. The van der Waals surface area contributed by atoms with E-state index in [1.165, 1.54) is 6.07 Å². The van der Waals surface area contributed by atoms with Crippen molar-refractivity contribution in [2.75, 3.05) is 33.5 Å². The number of ether oxygens (including phenoxy) is 3. The second kappa shape index (κ2) is 9.64. The highest BCUT2D eigenvalue weighted by atomic mass is 79.9. The van der Waals surface area contributed by atoms with Crippen LogP contribution in [-0.4, -0.2) is 43.8 Å². The molecule has 2 aromatic carbocycles. The molecule has 130 valence electrons. The molecule has 6 heteroatoms. The zero-order valence-electron chi connectivity index (χ0n) is 13.5. The summed E-state index contributed by atoms with van der Waals surface area (Å²) < 4.78 is 16.4. The van der Waals surface area contributed by atoms with Crippen LogP contribution >= 0.6 is 15.9 Å². The highest BCUT2D eigenvalue weighted by Crippen LogP contribution is 2.42. The normalized spacial score (nSPS) is 10.9. The standard InChI is InChI=1S/C18H21BrO5/c1-22-7-8-23-9-10-24-12-14-17(13-5-3-2-4-6-13)15(20)11-16(21)18(14)19/h2-6,11,20-21H,7-10,12H2,1H3. The fourth-order valence-corrected chi connectivity index (χ4v) is 2.71. The Morgan fingerprint density at radius 1 is 0.917 bits per heavy atom. The monoisotopic (exact) mass is 396 g/mol. The molecule has 0 bridgehead atoms. The SMILES string of the molecule is COCCOCCOCc1c(Br)c(O)cc(O)c1-c1ccccc1. The summed E-state index contributed by atoms with van der Waals surface area (Å²) in [5, 5.41) is 20.2. The quantitative estimate of drug-likeness (QED) is 0.632. The van der Waals surface area contributed by atoms with Gasteiger partial charge in [0.1, 0.15) is 11.5 Å². The Morgan fingerprint density at radius 2 is 1.58 bits per heavy atom. The summed E-state index contributed by atoms with van der Waals surface area (Å²) in [4.78, 5) is 0. The van der Waals surface area contributed by atoms with Gasteiger partial charge >= 0.3 is 0 Å². The predicted octanol–water partition coefficient (Wildman–Crippen LogP) is 3.71. The van der Waals surface area contributed by atoms with E-state index in [9.17, 15) is 10.2 Å². The highest BCUT2D eigenvalue weighted by Gasteiger charge is 2.17. The van der Waals surface area contributed by atoms with Crippen molar-refractivity contribution in [3.05, 3.63) is 46.4 Å². The van der Waals surface area contributed by atoms with Crippen LogP contribution in [0.2, 0.25) is 0 Å². The van der Waals surface area contributed by atoms with Gasteiger partial charge in [-0.2, -0.15) is 0 Å². The third-order valence-corrected chi connectivity index (χ3v) is 4.32. The second-order valence-electron chi connectivity index (χ2n) is 5.11. The molecule has 0 spiro atoms. The van der Waals surface area contributed by atoms with Crippen molar-refractivity contribution in [2.45, 2.75) is 6.61 Å². The zero-order chi connectivity index (χ0) is 17.4. The maximum absolute atomic E-state index is 10.3. The van der Waals surface area contributed by atoms with E-state index in [4.69, 9.17) is 14.2 Å². The molecule has 2 aromatic rings. The number of benzene rings is 2. The van der Waals surface area contributed by atoms with E-state index in [2.05, 4.69) is 15.9 Å². The summed E-state index contributed by atoms with van der Waals surface area (Å²) in [6, 6.07) is 10.8. The van der Waals surface area contributed by atoms with Crippen molar-refractivity contribution in [1.29, 1.82) is 0 Å². The van der Waals surface area contributed by atoms with Gasteiger partial charge in [-0.3, -0.25) is 0 Å². The number of hydrogen-bond donors (Lipinski definition) is 2. The number of halogens is 1. The van der Waals surface area contributed by atoms with Gasteiger partial charge in [0.25, 0.3) is 0 Å². The third-order valence-electron chi connectivity index (χ3n) is 3.43. The van der Waals surface area contributed by atoms with Crippen LogP contribution in [0.5, 0.6) is 11.5 Å². The van der Waals surface area contributed by atoms with Gasteiger partial charge in [-0.25, -0.2) is 0 Å². The van der Waals surface area contributed by atoms with Gasteiger partial charge in [-0.1, -0.05) is 30.3 Å². The van der Waals surface area contributed by atoms with E-state index in [1.807, 2.05) is 30.3 Å². The van der Waals surface area contributed by atoms with E-state index in [0.717, 1.165) is 5.56 Å². The predicted molar refractivity (Wildman–Crippen MR) is 95.3 cm³/mol. The highest BCUT2D eigenvalue weighted by molar-refractivity contribution is 9.10. The van der Waals surface area contributed by atoms with Crippen LogP contribution < -0.4 is 0 Å². The van der Waals surface area contributed by atoms with E-state index in [1.54, 1.807) is 7.11 Å². The molecule has 0 radical (unpaired) electrons. The van der Waals surface area contributed by atoms with Crippen LogP contribution in [0, 0.1) is 0 Å². The first-order valence-corrected chi connectivity index (χ1v) is 8.37. The van der Waals surface area contributed by atoms with Crippen molar-refractivity contribution in [3.63, 3.8) is 0 Å². The van der Waals surface area contributed by atoms with Crippen LogP contribution in [-0.2, 0) is 20.8 Å². The van der Waals surface area contributed by atoms with Crippen LogP contribution in [0.4, 0.5) is 0 Å². The summed E-state index contributed by atoms with van der Waals surface area (Å²) in [6.07, 6.45) is 0. The first-order valence-electron chi connectivity index (χ1n) is 7.58. The van der Waals surface area contributed by atoms with E-state index in [-0.39, 0.29) is 18.1 Å². The molecule has 0 fully saturated rings. The molecule has 2 N–H and O–H groups in total. The number of aromatic hydroxyl groups is 2. The van der Waals surface area contributed by atoms with E-state index >= 15 is 0 Å². The lowest BCUT2D eigenvalue weighted by molar-refractivity contribution is 0.0199. The molecule has 0 saturated carbocycles. The molecule has 24 heavy (non-hydrogen) atoms. The molecule has 2 rings (SSSR count). The van der Waals surface area contributed by atoms with Crippen LogP contribution in [0.15, 0.2) is 40.9 Å². The average Bonchev–Trinajstić information content (AvgIpc) is 2.59. The number of phenolic OH excluding ortho intramolecular Hbond substituents is 2. The third kappa shape index (κ3) is 4.95. The van der Waals surface area contributed by atoms with Crippen molar-refractivity contribution in [1.82, 2.24) is 0 Å². The minimum Gasteiger partial charge on any atom is -0.507 e. The minimum atomic E-state index is -0.0258. The first-order chi connectivity index (χ1) is 11.6. The maximum Gasteiger partial charge on any atom is 0.133 e. The largest absolute Gasteiger partial charge is 0.507 e. The first kappa shape index (κ1) is 18.7. The number of methoxy groups -OCH3 is 1. The summed E-state index contributed by atoms with van der Waals surface area (Å²) in [5.41, 5.74) is 2.18. The zero-order valence-corrected chi connectivity index (χ0v) is 15.1. The molecule has 0 unspecified atom stereocenters. The molecule has 0 atom stereocenters. The lowest BCUT2D eigenvalue weighted by atomic mass is 9.98. The molecule has 5 nitrogen and oxygen atoms in total. The van der Waals surface area contributed by atoms with Crippen LogP contribution in [0.3, 0.4) is 0 Å². The van der Waals surface area contributed by atoms with Crippen molar-refractivity contribution < 1.29 is 24.4 Å².